The van der Waals surface area contributed by atoms with Crippen molar-refractivity contribution in [1.82, 2.24) is 4.98 Å². The molecule has 4 nitrogen and oxygen atoms in total. The maximum atomic E-state index is 10.8. The van der Waals surface area contributed by atoms with Crippen LogP contribution in [0.4, 0.5) is 0 Å². The number of carboxylic acid groups (broad SMARTS) is 1. The molecule has 0 spiro atoms. The van der Waals surface area contributed by atoms with E-state index in [0.29, 0.717) is 10.8 Å². The minimum absolute atomic E-state index is 0.0564. The molecule has 1 heterocycles. The van der Waals surface area contributed by atoms with Crippen LogP contribution in [-0.4, -0.2) is 16.1 Å². The maximum Gasteiger partial charge on any atom is 0.354 e. The van der Waals surface area contributed by atoms with Crippen molar-refractivity contribution in [1.29, 1.82) is 0 Å². The molecule has 1 aromatic heterocycles. The van der Waals surface area contributed by atoms with Gasteiger partial charge in [0.1, 0.15) is 5.75 Å². The van der Waals surface area contributed by atoms with Crippen molar-refractivity contribution in [3.05, 3.63) is 52.7 Å². The lowest BCUT2D eigenvalue weighted by Crippen LogP contribution is -2.01. The van der Waals surface area contributed by atoms with E-state index in [1.807, 2.05) is 6.92 Å². The number of halogens is 1. The predicted molar refractivity (Wildman–Crippen MR) is 67.5 cm³/mol. The third-order valence-corrected chi connectivity index (χ3v) is 2.53. The number of aromatic carboxylic acids is 1. The molecular formula is C13H10ClNO3. The molecule has 0 radical (unpaired) electrons. The van der Waals surface area contributed by atoms with Gasteiger partial charge in [0, 0.05) is 11.1 Å². The Kier molecular flexibility index (Phi) is 3.48. The average Bonchev–Trinajstić information content (AvgIpc) is 2.33. The van der Waals surface area contributed by atoms with Gasteiger partial charge in [0.2, 0.25) is 5.88 Å². The number of carbonyl (C=O) groups is 1. The van der Waals surface area contributed by atoms with Crippen molar-refractivity contribution in [3.8, 4) is 11.6 Å². The van der Waals surface area contributed by atoms with Gasteiger partial charge in [-0.15, -0.1) is 0 Å². The van der Waals surface area contributed by atoms with Gasteiger partial charge in [0.25, 0.3) is 0 Å². The van der Waals surface area contributed by atoms with Crippen LogP contribution >= 0.6 is 11.6 Å². The SMILES string of the molecule is Cc1cc(Cl)ccc1Oc1cccc(C(=O)O)n1. The zero-order chi connectivity index (χ0) is 13.1. The van der Waals surface area contributed by atoms with Gasteiger partial charge < -0.3 is 9.84 Å². The Balaban J connectivity index is 2.28. The lowest BCUT2D eigenvalue weighted by Gasteiger charge is -2.08. The molecule has 0 aliphatic heterocycles. The largest absolute Gasteiger partial charge is 0.477 e. The van der Waals surface area contributed by atoms with E-state index in [0.717, 1.165) is 5.56 Å². The van der Waals surface area contributed by atoms with Crippen molar-refractivity contribution in [3.63, 3.8) is 0 Å². The standard InChI is InChI=1S/C13H10ClNO3/c1-8-7-9(14)5-6-11(8)18-12-4-2-3-10(15-12)13(16)17/h2-7H,1H3,(H,16,17). The second-order valence-electron chi connectivity index (χ2n) is 3.68. The number of pyridine rings is 1. The van der Waals surface area contributed by atoms with E-state index in [9.17, 15) is 4.79 Å². The zero-order valence-corrected chi connectivity index (χ0v) is 10.3. The second kappa shape index (κ2) is 5.06. The van der Waals surface area contributed by atoms with Crippen molar-refractivity contribution in [2.45, 2.75) is 6.92 Å². The van der Waals surface area contributed by atoms with Crippen molar-refractivity contribution < 1.29 is 14.6 Å². The minimum atomic E-state index is -1.09. The summed E-state index contributed by atoms with van der Waals surface area (Å²) in [7, 11) is 0. The number of rotatable bonds is 3. The first kappa shape index (κ1) is 12.4. The number of nitrogens with zero attached hydrogens (tertiary/aromatic N) is 1. The fourth-order valence-electron chi connectivity index (χ4n) is 1.43. The minimum Gasteiger partial charge on any atom is -0.477 e. The monoisotopic (exact) mass is 263 g/mol. The zero-order valence-electron chi connectivity index (χ0n) is 9.55. The highest BCUT2D eigenvalue weighted by Gasteiger charge is 2.07. The summed E-state index contributed by atoms with van der Waals surface area (Å²) in [4.78, 5) is 14.7. The van der Waals surface area contributed by atoms with Crippen LogP contribution in [0.5, 0.6) is 11.6 Å². The summed E-state index contributed by atoms with van der Waals surface area (Å²) in [6.07, 6.45) is 0. The Labute approximate surface area is 109 Å². The third kappa shape index (κ3) is 2.78. The summed E-state index contributed by atoms with van der Waals surface area (Å²) in [5.41, 5.74) is 0.796. The summed E-state index contributed by atoms with van der Waals surface area (Å²) >= 11 is 5.84. The van der Waals surface area contributed by atoms with Crippen molar-refractivity contribution in [2.24, 2.45) is 0 Å². The van der Waals surface area contributed by atoms with E-state index in [-0.39, 0.29) is 11.6 Å². The smallest absolute Gasteiger partial charge is 0.354 e. The van der Waals surface area contributed by atoms with Crippen LogP contribution < -0.4 is 4.74 Å². The molecule has 5 heteroatoms. The molecule has 92 valence electrons. The van der Waals surface area contributed by atoms with Crippen LogP contribution in [0.15, 0.2) is 36.4 Å². The van der Waals surface area contributed by atoms with Crippen LogP contribution in [0.3, 0.4) is 0 Å². The highest BCUT2D eigenvalue weighted by atomic mass is 35.5. The molecule has 0 bridgehead atoms. The van der Waals surface area contributed by atoms with Crippen LogP contribution in [0.1, 0.15) is 16.1 Å². The fraction of sp³-hybridized carbons (Fsp3) is 0.0769. The molecule has 0 aliphatic carbocycles. The van der Waals surface area contributed by atoms with Crippen LogP contribution in [0.2, 0.25) is 5.02 Å². The number of hydrogen-bond acceptors (Lipinski definition) is 3. The maximum absolute atomic E-state index is 10.8. The van der Waals surface area contributed by atoms with Crippen LogP contribution in [-0.2, 0) is 0 Å². The summed E-state index contributed by atoms with van der Waals surface area (Å²) in [6.45, 7) is 1.85. The molecule has 1 aromatic carbocycles. The Morgan fingerprint density at radius 1 is 1.33 bits per heavy atom. The van der Waals surface area contributed by atoms with Gasteiger partial charge in [-0.1, -0.05) is 17.7 Å². The van der Waals surface area contributed by atoms with Gasteiger partial charge in [-0.2, -0.15) is 0 Å². The molecule has 0 atom stereocenters. The molecule has 18 heavy (non-hydrogen) atoms. The van der Waals surface area contributed by atoms with Crippen LogP contribution in [0, 0.1) is 6.92 Å². The number of carboxylic acids is 1. The average molecular weight is 264 g/mol. The lowest BCUT2D eigenvalue weighted by molar-refractivity contribution is 0.0689. The first-order valence-corrected chi connectivity index (χ1v) is 5.58. The Hall–Kier alpha value is -2.07. The summed E-state index contributed by atoms with van der Waals surface area (Å²) in [6, 6.07) is 9.76. The molecule has 0 aliphatic rings. The third-order valence-electron chi connectivity index (χ3n) is 2.29. The molecule has 2 aromatic rings. The summed E-state index contributed by atoms with van der Waals surface area (Å²) in [5.74, 6) is -0.261. The number of aromatic nitrogens is 1. The van der Waals surface area contributed by atoms with E-state index in [4.69, 9.17) is 21.4 Å². The number of aryl methyl sites for hydroxylation is 1. The van der Waals surface area contributed by atoms with E-state index < -0.39 is 5.97 Å². The molecule has 0 unspecified atom stereocenters. The van der Waals surface area contributed by atoms with E-state index in [1.165, 1.54) is 6.07 Å². The molecule has 0 saturated carbocycles. The van der Waals surface area contributed by atoms with Gasteiger partial charge in [-0.25, -0.2) is 9.78 Å². The fourth-order valence-corrected chi connectivity index (χ4v) is 1.66. The van der Waals surface area contributed by atoms with Gasteiger partial charge >= 0.3 is 5.97 Å². The van der Waals surface area contributed by atoms with E-state index in [1.54, 1.807) is 30.3 Å². The van der Waals surface area contributed by atoms with Gasteiger partial charge in [0.15, 0.2) is 5.69 Å². The molecular weight excluding hydrogens is 254 g/mol. The first-order valence-electron chi connectivity index (χ1n) is 5.20. The summed E-state index contributed by atoms with van der Waals surface area (Å²) in [5, 5.41) is 9.45. The topological polar surface area (TPSA) is 59.4 Å². The number of benzene rings is 1. The molecule has 1 N–H and O–H groups in total. The molecule has 0 fully saturated rings. The highest BCUT2D eigenvalue weighted by Crippen LogP contribution is 2.26. The van der Waals surface area contributed by atoms with Gasteiger partial charge in [0.05, 0.1) is 0 Å². The molecule has 0 saturated heterocycles. The predicted octanol–water partition coefficient (Wildman–Crippen LogP) is 3.53. The quantitative estimate of drug-likeness (QED) is 0.920. The summed E-state index contributed by atoms with van der Waals surface area (Å²) < 4.78 is 5.52. The van der Waals surface area contributed by atoms with Gasteiger partial charge in [-0.3, -0.25) is 0 Å². The van der Waals surface area contributed by atoms with Gasteiger partial charge in [-0.05, 0) is 36.8 Å². The van der Waals surface area contributed by atoms with Crippen molar-refractivity contribution >= 4 is 17.6 Å². The molecule has 0 amide bonds. The lowest BCUT2D eigenvalue weighted by atomic mass is 10.2. The first-order chi connectivity index (χ1) is 8.56. The Morgan fingerprint density at radius 3 is 2.78 bits per heavy atom. The van der Waals surface area contributed by atoms with Crippen molar-refractivity contribution in [2.75, 3.05) is 0 Å². The number of hydrogen-bond donors (Lipinski definition) is 1. The van der Waals surface area contributed by atoms with E-state index in [2.05, 4.69) is 4.98 Å². The van der Waals surface area contributed by atoms with Crippen LogP contribution in [0.25, 0.3) is 0 Å². The Morgan fingerprint density at radius 2 is 2.11 bits per heavy atom. The second-order valence-corrected chi connectivity index (χ2v) is 4.11. The normalized spacial score (nSPS) is 10.1. The number of ether oxygens (including phenoxy) is 1. The molecule has 2 rings (SSSR count). The Bertz CT molecular complexity index is 599. The van der Waals surface area contributed by atoms with E-state index >= 15 is 0 Å². The highest BCUT2D eigenvalue weighted by molar-refractivity contribution is 6.30.